The van der Waals surface area contributed by atoms with Gasteiger partial charge in [-0.15, -0.1) is 0 Å². The molecule has 9 heavy (non-hydrogen) atoms. The third-order valence-electron chi connectivity index (χ3n) is 0.722. The highest BCUT2D eigenvalue weighted by atomic mass is 32.2. The zero-order valence-electron chi connectivity index (χ0n) is 5.58. The van der Waals surface area contributed by atoms with Crippen molar-refractivity contribution in [3.63, 3.8) is 0 Å². The van der Waals surface area contributed by atoms with Crippen LogP contribution in [0.25, 0.3) is 0 Å². The van der Waals surface area contributed by atoms with E-state index in [1.807, 2.05) is 18.4 Å². The van der Waals surface area contributed by atoms with Gasteiger partial charge in [-0.3, -0.25) is 0 Å². The van der Waals surface area contributed by atoms with Gasteiger partial charge < -0.3 is 5.73 Å². The predicted octanol–water partition coefficient (Wildman–Crippen LogP) is 1.24. The van der Waals surface area contributed by atoms with Gasteiger partial charge in [-0.25, -0.2) is 4.40 Å². The highest BCUT2D eigenvalue weighted by Crippen LogP contribution is 1.89. The Morgan fingerprint density at radius 2 is 2.44 bits per heavy atom. The summed E-state index contributed by atoms with van der Waals surface area (Å²) in [4.78, 5) is 0. The summed E-state index contributed by atoms with van der Waals surface area (Å²) < 4.78 is 3.91. The topological polar surface area (TPSA) is 38.4 Å². The van der Waals surface area contributed by atoms with Gasteiger partial charge in [0.05, 0.1) is 0 Å². The van der Waals surface area contributed by atoms with Crippen molar-refractivity contribution >= 4 is 18.2 Å². The molecule has 0 aliphatic heterocycles. The van der Waals surface area contributed by atoms with Crippen molar-refractivity contribution < 1.29 is 0 Å². The zero-order chi connectivity index (χ0) is 6.95. The molecule has 2 nitrogen and oxygen atoms in total. The molecule has 0 spiro atoms. The van der Waals surface area contributed by atoms with Crippen molar-refractivity contribution in [1.29, 1.82) is 0 Å². The molecule has 0 amide bonds. The third kappa shape index (κ3) is 7.72. The summed E-state index contributed by atoms with van der Waals surface area (Å²) in [6, 6.07) is 0. The second-order valence-corrected chi connectivity index (χ2v) is 2.02. The first-order valence-corrected chi connectivity index (χ1v) is 4.01. The fraction of sp³-hybridized carbons (Fsp3) is 0.500. The van der Waals surface area contributed by atoms with Gasteiger partial charge in [-0.1, -0.05) is 6.08 Å². The SMILES string of the molecule is CSN=CC=CCCN. The molecule has 0 rings (SSSR count). The lowest BCUT2D eigenvalue weighted by molar-refractivity contribution is 1.01. The molecule has 2 N–H and O–H groups in total. The lowest BCUT2D eigenvalue weighted by atomic mass is 10.4. The fourth-order valence-electron chi connectivity index (χ4n) is 0.349. The Bertz CT molecular complexity index is 99.2. The van der Waals surface area contributed by atoms with E-state index >= 15 is 0 Å². The predicted molar refractivity (Wildman–Crippen MR) is 44.8 cm³/mol. The Morgan fingerprint density at radius 1 is 1.67 bits per heavy atom. The van der Waals surface area contributed by atoms with E-state index in [0.717, 1.165) is 6.42 Å². The minimum Gasteiger partial charge on any atom is -0.330 e. The highest BCUT2D eigenvalue weighted by molar-refractivity contribution is 7.97. The molecule has 0 fully saturated rings. The summed E-state index contributed by atoms with van der Waals surface area (Å²) >= 11 is 1.45. The lowest BCUT2D eigenvalue weighted by Crippen LogP contribution is -1.94. The monoisotopic (exact) mass is 144 g/mol. The number of hydrogen-bond acceptors (Lipinski definition) is 3. The standard InChI is InChI=1S/C6H12N2S/c1-9-8-6-4-2-3-5-7/h2,4,6H,3,5,7H2,1H3. The average molecular weight is 144 g/mol. The first-order chi connectivity index (χ1) is 4.41. The van der Waals surface area contributed by atoms with Crippen LogP contribution in [0.2, 0.25) is 0 Å². The smallest absolute Gasteiger partial charge is 0.0348 e. The van der Waals surface area contributed by atoms with Gasteiger partial charge in [0.2, 0.25) is 0 Å². The highest BCUT2D eigenvalue weighted by Gasteiger charge is 1.68. The van der Waals surface area contributed by atoms with Crippen molar-refractivity contribution in [3.05, 3.63) is 12.2 Å². The molecule has 0 saturated heterocycles. The number of allylic oxidation sites excluding steroid dienone is 1. The van der Waals surface area contributed by atoms with E-state index < -0.39 is 0 Å². The quantitative estimate of drug-likeness (QED) is 0.476. The normalized spacial score (nSPS) is 11.8. The summed E-state index contributed by atoms with van der Waals surface area (Å²) in [5.41, 5.74) is 5.24. The number of nitrogens with two attached hydrogens (primary N) is 1. The minimum absolute atomic E-state index is 0.712. The van der Waals surface area contributed by atoms with Gasteiger partial charge in [0.15, 0.2) is 0 Å². The summed E-state index contributed by atoms with van der Waals surface area (Å²) in [5.74, 6) is 0. The summed E-state index contributed by atoms with van der Waals surface area (Å²) in [5, 5.41) is 0. The Hall–Kier alpha value is -0.280. The largest absolute Gasteiger partial charge is 0.330 e. The van der Waals surface area contributed by atoms with Crippen molar-refractivity contribution in [2.75, 3.05) is 12.8 Å². The molecular formula is C6H12N2S. The van der Waals surface area contributed by atoms with E-state index in [1.54, 1.807) is 6.21 Å². The van der Waals surface area contributed by atoms with Crippen molar-refractivity contribution in [3.8, 4) is 0 Å². The maximum absolute atomic E-state index is 5.24. The van der Waals surface area contributed by atoms with Crippen LogP contribution in [0.15, 0.2) is 16.5 Å². The van der Waals surface area contributed by atoms with Crippen LogP contribution in [-0.4, -0.2) is 19.0 Å². The Kier molecular flexibility index (Phi) is 7.48. The van der Waals surface area contributed by atoms with Crippen LogP contribution in [0.1, 0.15) is 6.42 Å². The van der Waals surface area contributed by atoms with E-state index in [2.05, 4.69) is 4.40 Å². The zero-order valence-corrected chi connectivity index (χ0v) is 6.40. The minimum atomic E-state index is 0.712. The van der Waals surface area contributed by atoms with Crippen LogP contribution in [0, 0.1) is 0 Å². The summed E-state index contributed by atoms with van der Waals surface area (Å²) in [6.45, 7) is 0.712. The van der Waals surface area contributed by atoms with E-state index in [1.165, 1.54) is 11.9 Å². The molecule has 0 saturated carbocycles. The lowest BCUT2D eigenvalue weighted by Gasteiger charge is -1.79. The molecule has 0 aromatic carbocycles. The molecule has 0 radical (unpaired) electrons. The molecule has 3 heteroatoms. The molecule has 0 heterocycles. The van der Waals surface area contributed by atoms with Gasteiger partial charge >= 0.3 is 0 Å². The first kappa shape index (κ1) is 8.72. The van der Waals surface area contributed by atoms with E-state index in [4.69, 9.17) is 5.73 Å². The molecule has 0 aliphatic carbocycles. The molecule has 0 unspecified atom stereocenters. The van der Waals surface area contributed by atoms with Crippen LogP contribution in [0.4, 0.5) is 0 Å². The van der Waals surface area contributed by atoms with Gasteiger partial charge in [0.25, 0.3) is 0 Å². The third-order valence-corrected chi connectivity index (χ3v) is 1.05. The van der Waals surface area contributed by atoms with Gasteiger partial charge in [0.1, 0.15) is 0 Å². The maximum Gasteiger partial charge on any atom is 0.0348 e. The Balaban J connectivity index is 3.13. The molecule has 0 bridgehead atoms. The molecule has 0 aliphatic rings. The Labute approximate surface area is 60.4 Å². The molecular weight excluding hydrogens is 132 g/mol. The number of nitrogens with zero attached hydrogens (tertiary/aromatic N) is 1. The van der Waals surface area contributed by atoms with Crippen LogP contribution in [-0.2, 0) is 0 Å². The van der Waals surface area contributed by atoms with E-state index in [9.17, 15) is 0 Å². The van der Waals surface area contributed by atoms with Crippen molar-refractivity contribution in [1.82, 2.24) is 0 Å². The second-order valence-electron chi connectivity index (χ2n) is 1.44. The van der Waals surface area contributed by atoms with Crippen LogP contribution in [0.3, 0.4) is 0 Å². The fourth-order valence-corrected chi connectivity index (χ4v) is 0.541. The van der Waals surface area contributed by atoms with Crippen LogP contribution >= 0.6 is 11.9 Å². The van der Waals surface area contributed by atoms with Crippen molar-refractivity contribution in [2.45, 2.75) is 6.42 Å². The first-order valence-electron chi connectivity index (χ1n) is 2.83. The summed E-state index contributed by atoms with van der Waals surface area (Å²) in [7, 11) is 0. The van der Waals surface area contributed by atoms with Crippen molar-refractivity contribution in [2.24, 2.45) is 10.1 Å². The van der Waals surface area contributed by atoms with Gasteiger partial charge in [-0.05, 0) is 31.0 Å². The summed E-state index contributed by atoms with van der Waals surface area (Å²) in [6.07, 6.45) is 8.52. The number of rotatable bonds is 4. The molecule has 0 atom stereocenters. The second kappa shape index (κ2) is 7.72. The molecule has 52 valence electrons. The van der Waals surface area contributed by atoms with Gasteiger partial charge in [0, 0.05) is 12.5 Å². The molecule has 0 aromatic rings. The average Bonchev–Trinajstić information content (AvgIpc) is 1.89. The maximum atomic E-state index is 5.24. The van der Waals surface area contributed by atoms with Crippen LogP contribution in [0.5, 0.6) is 0 Å². The van der Waals surface area contributed by atoms with E-state index in [-0.39, 0.29) is 0 Å². The molecule has 0 aromatic heterocycles. The van der Waals surface area contributed by atoms with Crippen LogP contribution < -0.4 is 5.73 Å². The van der Waals surface area contributed by atoms with E-state index in [0.29, 0.717) is 6.54 Å². The van der Waals surface area contributed by atoms with Gasteiger partial charge in [-0.2, -0.15) is 0 Å². The Morgan fingerprint density at radius 3 is 3.00 bits per heavy atom. The number of hydrogen-bond donors (Lipinski definition) is 1.